The molecule has 2 rings (SSSR count). The number of carbonyl (C=O) groups is 2. The number of para-hydroxylation sites is 1. The maximum Gasteiger partial charge on any atom is 0.323 e. The summed E-state index contributed by atoms with van der Waals surface area (Å²) in [5.41, 5.74) is 1.19. The van der Waals surface area contributed by atoms with Crippen molar-refractivity contribution in [2.24, 2.45) is 0 Å². The maximum absolute atomic E-state index is 12.0. The van der Waals surface area contributed by atoms with Crippen LogP contribution in [0.1, 0.15) is 0 Å². The average molecular weight is 300 g/mol. The van der Waals surface area contributed by atoms with Crippen LogP contribution in [0.2, 0.25) is 0 Å². The summed E-state index contributed by atoms with van der Waals surface area (Å²) in [6, 6.07) is 14.9. The molecular weight excluding hydrogens is 284 g/mol. The highest BCUT2D eigenvalue weighted by Gasteiger charge is 2.15. The van der Waals surface area contributed by atoms with Gasteiger partial charge in [0.15, 0.2) is 0 Å². The second-order valence-corrected chi connectivity index (χ2v) is 4.68. The molecule has 0 aromatic heterocycles. The Morgan fingerprint density at radius 2 is 1.59 bits per heavy atom. The van der Waals surface area contributed by atoms with E-state index in [1.54, 1.807) is 36.4 Å². The molecule has 0 saturated heterocycles. The topological polar surface area (TPSA) is 89.9 Å². The maximum atomic E-state index is 12.0. The highest BCUT2D eigenvalue weighted by atomic mass is 16.4. The van der Waals surface area contributed by atoms with Crippen LogP contribution in [0, 0.1) is 0 Å². The summed E-state index contributed by atoms with van der Waals surface area (Å²) < 4.78 is 0. The van der Waals surface area contributed by atoms with Gasteiger partial charge in [-0.05, 0) is 36.4 Å². The molecule has 0 aliphatic heterocycles. The lowest BCUT2D eigenvalue weighted by molar-refractivity contribution is -0.135. The smallest absolute Gasteiger partial charge is 0.323 e. The Balaban J connectivity index is 2.07. The van der Waals surface area contributed by atoms with Crippen molar-refractivity contribution in [3.8, 4) is 5.75 Å². The van der Waals surface area contributed by atoms with Gasteiger partial charge in [0.05, 0.1) is 6.54 Å². The van der Waals surface area contributed by atoms with Gasteiger partial charge in [0.2, 0.25) is 5.91 Å². The molecule has 0 aliphatic rings. The summed E-state index contributed by atoms with van der Waals surface area (Å²) in [6.07, 6.45) is 0. The van der Waals surface area contributed by atoms with Gasteiger partial charge < -0.3 is 20.4 Å². The van der Waals surface area contributed by atoms with Gasteiger partial charge in [-0.15, -0.1) is 0 Å². The first-order chi connectivity index (χ1) is 10.5. The number of carboxylic acids is 1. The zero-order chi connectivity index (χ0) is 15.9. The van der Waals surface area contributed by atoms with E-state index in [9.17, 15) is 14.7 Å². The van der Waals surface area contributed by atoms with E-state index in [-0.39, 0.29) is 24.7 Å². The lowest BCUT2D eigenvalue weighted by Gasteiger charge is -2.22. The minimum absolute atomic E-state index is 0.0766. The second kappa shape index (κ2) is 7.12. The van der Waals surface area contributed by atoms with Gasteiger partial charge in [0, 0.05) is 11.4 Å². The molecular formula is C16H16N2O4. The number of anilines is 2. The Hall–Kier alpha value is -3.02. The minimum atomic E-state index is -1.04. The fourth-order valence-corrected chi connectivity index (χ4v) is 1.96. The Morgan fingerprint density at radius 1 is 0.955 bits per heavy atom. The molecule has 22 heavy (non-hydrogen) atoms. The van der Waals surface area contributed by atoms with Crippen molar-refractivity contribution in [3.05, 3.63) is 54.6 Å². The van der Waals surface area contributed by atoms with Crippen molar-refractivity contribution < 1.29 is 19.8 Å². The van der Waals surface area contributed by atoms with Crippen LogP contribution in [-0.4, -0.2) is 35.2 Å². The first-order valence-electron chi connectivity index (χ1n) is 6.65. The molecule has 0 radical (unpaired) electrons. The van der Waals surface area contributed by atoms with Crippen molar-refractivity contribution in [2.75, 3.05) is 23.3 Å². The standard InChI is InChI=1S/C16H16N2O4/c19-14-8-6-13(7-9-14)18(11-16(21)22)10-15(20)17-12-4-2-1-3-5-12/h1-9,19H,10-11H2,(H,17,20)(H,21,22). The number of benzene rings is 2. The third kappa shape index (κ3) is 4.52. The molecule has 0 saturated carbocycles. The van der Waals surface area contributed by atoms with Crippen LogP contribution in [0.3, 0.4) is 0 Å². The third-order valence-electron chi connectivity index (χ3n) is 2.93. The molecule has 0 fully saturated rings. The van der Waals surface area contributed by atoms with Crippen molar-refractivity contribution in [2.45, 2.75) is 0 Å². The number of carbonyl (C=O) groups excluding carboxylic acids is 1. The van der Waals surface area contributed by atoms with Crippen molar-refractivity contribution >= 4 is 23.3 Å². The number of amides is 1. The predicted molar refractivity (Wildman–Crippen MR) is 83.0 cm³/mol. The van der Waals surface area contributed by atoms with E-state index in [1.165, 1.54) is 17.0 Å². The van der Waals surface area contributed by atoms with Gasteiger partial charge in [0.25, 0.3) is 0 Å². The number of carboxylic acid groups (broad SMARTS) is 1. The molecule has 0 heterocycles. The predicted octanol–water partition coefficient (Wildman–Crippen LogP) is 1.92. The Labute approximate surface area is 127 Å². The fourth-order valence-electron chi connectivity index (χ4n) is 1.96. The SMILES string of the molecule is O=C(O)CN(CC(=O)Nc1ccccc1)c1ccc(O)cc1. The number of aliphatic carboxylic acids is 1. The molecule has 1 amide bonds. The van der Waals surface area contributed by atoms with Crippen LogP contribution < -0.4 is 10.2 Å². The number of phenolic OH excluding ortho intramolecular Hbond substituents is 1. The summed E-state index contributed by atoms with van der Waals surface area (Å²) in [4.78, 5) is 24.4. The van der Waals surface area contributed by atoms with E-state index in [2.05, 4.69) is 5.32 Å². The molecule has 0 spiro atoms. The fraction of sp³-hybridized carbons (Fsp3) is 0.125. The molecule has 0 aliphatic carbocycles. The van der Waals surface area contributed by atoms with Gasteiger partial charge in [-0.25, -0.2) is 0 Å². The largest absolute Gasteiger partial charge is 0.508 e. The number of hydrogen-bond donors (Lipinski definition) is 3. The van der Waals surface area contributed by atoms with E-state index in [4.69, 9.17) is 5.11 Å². The van der Waals surface area contributed by atoms with E-state index >= 15 is 0 Å². The zero-order valence-electron chi connectivity index (χ0n) is 11.8. The lowest BCUT2D eigenvalue weighted by Crippen LogP contribution is -2.37. The van der Waals surface area contributed by atoms with E-state index in [0.717, 1.165) is 0 Å². The summed E-state index contributed by atoms with van der Waals surface area (Å²) in [5.74, 6) is -1.28. The van der Waals surface area contributed by atoms with E-state index < -0.39 is 5.97 Å². The number of nitrogens with one attached hydrogen (secondary N) is 1. The van der Waals surface area contributed by atoms with Gasteiger partial charge in [-0.3, -0.25) is 9.59 Å². The van der Waals surface area contributed by atoms with Gasteiger partial charge in [-0.2, -0.15) is 0 Å². The van der Waals surface area contributed by atoms with Gasteiger partial charge in [-0.1, -0.05) is 18.2 Å². The van der Waals surface area contributed by atoms with Crippen molar-refractivity contribution in [1.29, 1.82) is 0 Å². The molecule has 2 aromatic rings. The Morgan fingerprint density at radius 3 is 2.18 bits per heavy atom. The molecule has 0 unspecified atom stereocenters. The number of rotatable bonds is 6. The lowest BCUT2D eigenvalue weighted by atomic mass is 10.2. The van der Waals surface area contributed by atoms with E-state index in [1.807, 2.05) is 6.07 Å². The molecule has 3 N–H and O–H groups in total. The molecule has 6 nitrogen and oxygen atoms in total. The summed E-state index contributed by atoms with van der Waals surface area (Å²) in [5, 5.41) is 21.0. The highest BCUT2D eigenvalue weighted by Crippen LogP contribution is 2.18. The number of aromatic hydroxyl groups is 1. The summed E-state index contributed by atoms with van der Waals surface area (Å²) in [7, 11) is 0. The average Bonchev–Trinajstić information content (AvgIpc) is 2.48. The molecule has 114 valence electrons. The van der Waals surface area contributed by atoms with Gasteiger partial charge in [0.1, 0.15) is 12.3 Å². The van der Waals surface area contributed by atoms with Crippen LogP contribution in [0.4, 0.5) is 11.4 Å². The monoisotopic (exact) mass is 300 g/mol. The van der Waals surface area contributed by atoms with Crippen molar-refractivity contribution in [1.82, 2.24) is 0 Å². The first kappa shape index (κ1) is 15.4. The van der Waals surface area contributed by atoms with E-state index in [0.29, 0.717) is 11.4 Å². The summed E-state index contributed by atoms with van der Waals surface area (Å²) >= 11 is 0. The number of hydrogen-bond acceptors (Lipinski definition) is 4. The normalized spacial score (nSPS) is 10.0. The minimum Gasteiger partial charge on any atom is -0.508 e. The van der Waals surface area contributed by atoms with Crippen LogP contribution in [0.5, 0.6) is 5.75 Å². The number of nitrogens with zero attached hydrogens (tertiary/aromatic N) is 1. The van der Waals surface area contributed by atoms with Crippen LogP contribution in [0.15, 0.2) is 54.6 Å². The Kier molecular flexibility index (Phi) is 4.98. The van der Waals surface area contributed by atoms with Crippen LogP contribution in [-0.2, 0) is 9.59 Å². The third-order valence-corrected chi connectivity index (χ3v) is 2.93. The highest BCUT2D eigenvalue weighted by molar-refractivity contribution is 5.94. The van der Waals surface area contributed by atoms with Crippen LogP contribution in [0.25, 0.3) is 0 Å². The zero-order valence-corrected chi connectivity index (χ0v) is 11.8. The second-order valence-electron chi connectivity index (χ2n) is 4.68. The molecule has 6 heteroatoms. The quantitative estimate of drug-likeness (QED) is 0.758. The molecule has 0 atom stereocenters. The van der Waals surface area contributed by atoms with Gasteiger partial charge >= 0.3 is 5.97 Å². The van der Waals surface area contributed by atoms with Crippen LogP contribution >= 0.6 is 0 Å². The summed E-state index contributed by atoms with van der Waals surface area (Å²) in [6.45, 7) is -0.418. The van der Waals surface area contributed by atoms with Crippen molar-refractivity contribution in [3.63, 3.8) is 0 Å². The molecule has 0 bridgehead atoms. The number of phenols is 1. The Bertz CT molecular complexity index is 641. The first-order valence-corrected chi connectivity index (χ1v) is 6.65. The molecule has 2 aromatic carbocycles.